The third-order valence-corrected chi connectivity index (χ3v) is 3.71. The van der Waals surface area contributed by atoms with Crippen LogP contribution in [-0.2, 0) is 16.6 Å². The molecule has 0 saturated carbocycles. The zero-order valence-corrected chi connectivity index (χ0v) is 10.6. The van der Waals surface area contributed by atoms with Gasteiger partial charge in [0, 0.05) is 0 Å². The number of carbonyl (C=O) groups is 1. The van der Waals surface area contributed by atoms with Crippen molar-refractivity contribution in [2.45, 2.75) is 11.4 Å². The highest BCUT2D eigenvalue weighted by Crippen LogP contribution is 2.16. The van der Waals surface area contributed by atoms with E-state index in [1.54, 1.807) is 0 Å². The monoisotopic (exact) mass is 301 g/mol. The third kappa shape index (κ3) is 2.95. The molecule has 3 N–H and O–H groups in total. The standard InChI is InChI=1S/C9H8FN5O4S/c10-6-3-5(9(16)17)1-2-7(6)20(18,19)11-4-8-12-14-15-13-8/h1-3,11H,4H2,(H,16,17)(H,12,13,14,15). The summed E-state index contributed by atoms with van der Waals surface area (Å²) in [6, 6.07) is 2.50. The molecule has 0 atom stereocenters. The molecule has 1 heterocycles. The van der Waals surface area contributed by atoms with Crippen LogP contribution in [0.15, 0.2) is 23.1 Å². The predicted octanol–water partition coefficient (Wildman–Crippen LogP) is -0.485. The van der Waals surface area contributed by atoms with Crippen LogP contribution < -0.4 is 4.72 Å². The summed E-state index contributed by atoms with van der Waals surface area (Å²) in [5.41, 5.74) is -0.348. The van der Waals surface area contributed by atoms with Crippen molar-refractivity contribution < 1.29 is 22.7 Å². The number of hydrogen-bond donors (Lipinski definition) is 3. The molecule has 11 heteroatoms. The Kier molecular flexibility index (Phi) is 3.72. The molecule has 2 rings (SSSR count). The fourth-order valence-corrected chi connectivity index (χ4v) is 2.38. The van der Waals surface area contributed by atoms with Crippen LogP contribution in [0.2, 0.25) is 0 Å². The lowest BCUT2D eigenvalue weighted by atomic mass is 10.2. The van der Waals surface area contributed by atoms with Crippen LogP contribution in [0.3, 0.4) is 0 Å². The number of aromatic amines is 1. The summed E-state index contributed by atoms with van der Waals surface area (Å²) in [4.78, 5) is 9.98. The van der Waals surface area contributed by atoms with Crippen molar-refractivity contribution in [3.05, 3.63) is 35.4 Å². The van der Waals surface area contributed by atoms with Crippen LogP contribution in [0.5, 0.6) is 0 Å². The Labute approximate surface area is 111 Å². The highest BCUT2D eigenvalue weighted by Gasteiger charge is 2.20. The van der Waals surface area contributed by atoms with E-state index in [1.165, 1.54) is 0 Å². The minimum absolute atomic E-state index is 0.0798. The molecule has 106 valence electrons. The number of halogens is 1. The van der Waals surface area contributed by atoms with Crippen LogP contribution in [0.25, 0.3) is 0 Å². The molecule has 20 heavy (non-hydrogen) atoms. The largest absolute Gasteiger partial charge is 0.478 e. The quantitative estimate of drug-likeness (QED) is 0.677. The van der Waals surface area contributed by atoms with E-state index in [1.807, 2.05) is 0 Å². The van der Waals surface area contributed by atoms with E-state index in [-0.39, 0.29) is 17.9 Å². The summed E-state index contributed by atoms with van der Waals surface area (Å²) >= 11 is 0. The van der Waals surface area contributed by atoms with Gasteiger partial charge in [0.25, 0.3) is 0 Å². The lowest BCUT2D eigenvalue weighted by Crippen LogP contribution is -2.25. The topological polar surface area (TPSA) is 138 Å². The van der Waals surface area contributed by atoms with Gasteiger partial charge in [-0.2, -0.15) is 5.21 Å². The predicted molar refractivity (Wildman–Crippen MR) is 61.6 cm³/mol. The van der Waals surface area contributed by atoms with Crippen molar-refractivity contribution in [3.8, 4) is 0 Å². The Morgan fingerprint density at radius 1 is 1.45 bits per heavy atom. The van der Waals surface area contributed by atoms with E-state index in [0.717, 1.165) is 12.1 Å². The first-order valence-electron chi connectivity index (χ1n) is 5.15. The molecule has 1 aromatic heterocycles. The van der Waals surface area contributed by atoms with Crippen molar-refractivity contribution in [2.24, 2.45) is 0 Å². The van der Waals surface area contributed by atoms with Gasteiger partial charge in [0.2, 0.25) is 10.0 Å². The number of nitrogens with one attached hydrogen (secondary N) is 2. The van der Waals surface area contributed by atoms with Gasteiger partial charge in [-0.05, 0) is 18.2 Å². The van der Waals surface area contributed by atoms with Crippen LogP contribution in [0, 0.1) is 5.82 Å². The Hall–Kier alpha value is -2.40. The summed E-state index contributed by atoms with van der Waals surface area (Å²) in [6.45, 7) is -0.279. The highest BCUT2D eigenvalue weighted by molar-refractivity contribution is 7.89. The molecule has 2 aromatic rings. The maximum Gasteiger partial charge on any atom is 0.335 e. The minimum Gasteiger partial charge on any atom is -0.478 e. The molecule has 0 spiro atoms. The second kappa shape index (κ2) is 5.30. The van der Waals surface area contributed by atoms with E-state index < -0.39 is 26.7 Å². The Morgan fingerprint density at radius 2 is 2.20 bits per heavy atom. The molecule has 0 bridgehead atoms. The Morgan fingerprint density at radius 3 is 2.75 bits per heavy atom. The molecule has 0 radical (unpaired) electrons. The van der Waals surface area contributed by atoms with Crippen molar-refractivity contribution >= 4 is 16.0 Å². The smallest absolute Gasteiger partial charge is 0.335 e. The van der Waals surface area contributed by atoms with Gasteiger partial charge in [0.15, 0.2) is 5.82 Å². The molecular formula is C9H8FN5O4S. The van der Waals surface area contributed by atoms with Gasteiger partial charge in [-0.25, -0.2) is 22.3 Å². The SMILES string of the molecule is O=C(O)c1ccc(S(=O)(=O)NCc2nn[nH]n2)c(F)c1. The molecule has 0 unspecified atom stereocenters. The number of sulfonamides is 1. The van der Waals surface area contributed by atoms with Crippen LogP contribution in [0.4, 0.5) is 4.39 Å². The highest BCUT2D eigenvalue weighted by atomic mass is 32.2. The van der Waals surface area contributed by atoms with Gasteiger partial charge in [0.05, 0.1) is 12.1 Å². The number of nitrogens with zero attached hydrogens (tertiary/aromatic N) is 3. The van der Waals surface area contributed by atoms with Crippen LogP contribution >= 0.6 is 0 Å². The number of carboxylic acids is 1. The summed E-state index contributed by atoms with van der Waals surface area (Å²) < 4.78 is 39.4. The first kappa shape index (κ1) is 14.0. The fourth-order valence-electron chi connectivity index (χ4n) is 1.35. The third-order valence-electron chi connectivity index (χ3n) is 2.28. The number of aromatic carboxylic acids is 1. The zero-order valence-electron chi connectivity index (χ0n) is 9.74. The van der Waals surface area contributed by atoms with Crippen molar-refractivity contribution in [2.75, 3.05) is 0 Å². The van der Waals surface area contributed by atoms with Gasteiger partial charge in [-0.1, -0.05) is 5.21 Å². The molecule has 1 aromatic carbocycles. The average Bonchev–Trinajstić information content (AvgIpc) is 2.89. The number of benzene rings is 1. The Bertz CT molecular complexity index is 731. The fraction of sp³-hybridized carbons (Fsp3) is 0.111. The van der Waals surface area contributed by atoms with E-state index in [2.05, 4.69) is 25.3 Å². The summed E-state index contributed by atoms with van der Waals surface area (Å²) in [6.07, 6.45) is 0. The van der Waals surface area contributed by atoms with Crippen molar-refractivity contribution in [1.82, 2.24) is 25.3 Å². The van der Waals surface area contributed by atoms with Gasteiger partial charge in [-0.3, -0.25) is 0 Å². The van der Waals surface area contributed by atoms with Gasteiger partial charge < -0.3 is 5.11 Å². The second-order valence-corrected chi connectivity index (χ2v) is 5.34. The average molecular weight is 301 g/mol. The number of tetrazole rings is 1. The van der Waals surface area contributed by atoms with Crippen LogP contribution in [-0.4, -0.2) is 40.1 Å². The van der Waals surface area contributed by atoms with E-state index in [0.29, 0.717) is 6.07 Å². The van der Waals surface area contributed by atoms with E-state index >= 15 is 0 Å². The summed E-state index contributed by atoms with van der Waals surface area (Å²) in [5.74, 6) is -2.44. The molecule has 9 nitrogen and oxygen atoms in total. The first-order valence-corrected chi connectivity index (χ1v) is 6.63. The van der Waals surface area contributed by atoms with E-state index in [4.69, 9.17) is 5.11 Å². The number of H-pyrrole nitrogens is 1. The number of aromatic nitrogens is 4. The molecule has 0 aliphatic heterocycles. The lowest BCUT2D eigenvalue weighted by molar-refractivity contribution is 0.0696. The van der Waals surface area contributed by atoms with Gasteiger partial charge in [-0.15, -0.1) is 10.2 Å². The molecule has 0 aliphatic carbocycles. The summed E-state index contributed by atoms with van der Waals surface area (Å²) in [5, 5.41) is 21.1. The first-order chi connectivity index (χ1) is 9.40. The molecule has 0 amide bonds. The number of carboxylic acid groups (broad SMARTS) is 1. The normalized spacial score (nSPS) is 11.4. The van der Waals surface area contributed by atoms with Gasteiger partial charge in [0.1, 0.15) is 10.7 Å². The Balaban J connectivity index is 2.23. The molecule has 0 fully saturated rings. The number of rotatable bonds is 5. The summed E-state index contributed by atoms with van der Waals surface area (Å²) in [7, 11) is -4.15. The van der Waals surface area contributed by atoms with E-state index in [9.17, 15) is 17.6 Å². The molecular weight excluding hydrogens is 293 g/mol. The van der Waals surface area contributed by atoms with Gasteiger partial charge >= 0.3 is 5.97 Å². The second-order valence-electron chi connectivity index (χ2n) is 3.60. The minimum atomic E-state index is -4.15. The lowest BCUT2D eigenvalue weighted by Gasteiger charge is -2.06. The number of hydrogen-bond acceptors (Lipinski definition) is 6. The zero-order chi connectivity index (χ0) is 14.8. The molecule has 0 saturated heterocycles. The maximum atomic E-state index is 13.6. The maximum absolute atomic E-state index is 13.6. The van der Waals surface area contributed by atoms with Crippen LogP contribution in [0.1, 0.15) is 16.2 Å². The van der Waals surface area contributed by atoms with Crippen molar-refractivity contribution in [3.63, 3.8) is 0 Å². The van der Waals surface area contributed by atoms with Crippen molar-refractivity contribution in [1.29, 1.82) is 0 Å². The molecule has 0 aliphatic rings.